The second kappa shape index (κ2) is 7.35. The van der Waals surface area contributed by atoms with Crippen LogP contribution >= 0.6 is 0 Å². The number of nitrogens with zero attached hydrogens (tertiary/aromatic N) is 3. The maximum Gasteiger partial charge on any atom is 0.148 e. The Hall–Kier alpha value is -3.58. The molecule has 4 rings (SSSR count). The van der Waals surface area contributed by atoms with Crippen molar-refractivity contribution in [3.05, 3.63) is 95.3 Å². The molecule has 4 nitrogen and oxygen atoms in total. The average molecular weight is 353 g/mol. The smallest absolute Gasteiger partial charge is 0.148 e. The first-order valence-electron chi connectivity index (χ1n) is 8.85. The lowest BCUT2D eigenvalue weighted by Gasteiger charge is -2.11. The molecule has 4 heteroatoms. The molecule has 0 spiro atoms. The van der Waals surface area contributed by atoms with Crippen LogP contribution in [0.3, 0.4) is 0 Å². The van der Waals surface area contributed by atoms with Gasteiger partial charge in [-0.25, -0.2) is 4.98 Å². The number of hydrogen-bond donors (Lipinski definition) is 0. The summed E-state index contributed by atoms with van der Waals surface area (Å²) in [6.45, 7) is 3.13. The summed E-state index contributed by atoms with van der Waals surface area (Å²) in [5.74, 6) is 1.71. The van der Waals surface area contributed by atoms with Crippen molar-refractivity contribution in [1.82, 2.24) is 9.55 Å². The summed E-state index contributed by atoms with van der Waals surface area (Å²) >= 11 is 0. The van der Waals surface area contributed by atoms with Gasteiger partial charge in [-0.1, -0.05) is 42.0 Å². The summed E-state index contributed by atoms with van der Waals surface area (Å²) in [5, 5.41) is 8.98. The second-order valence-electron chi connectivity index (χ2n) is 6.51. The molecule has 0 radical (unpaired) electrons. The Kier molecular flexibility index (Phi) is 4.59. The average Bonchev–Trinajstić information content (AvgIpc) is 3.06. The molecule has 3 aromatic carbocycles. The fourth-order valence-corrected chi connectivity index (χ4v) is 3.06. The number of ether oxygens (including phenoxy) is 1. The summed E-state index contributed by atoms with van der Waals surface area (Å²) in [7, 11) is 0. The van der Waals surface area contributed by atoms with Crippen LogP contribution in [0.25, 0.3) is 11.0 Å². The topological polar surface area (TPSA) is 50.8 Å². The first-order valence-corrected chi connectivity index (χ1v) is 8.85. The molecule has 132 valence electrons. The lowest BCUT2D eigenvalue weighted by Crippen LogP contribution is -2.08. The standard InChI is InChI=1S/C23H19N3O/c1-17-6-12-20(13-7-17)27-16-23-25-21-4-2-3-5-22(21)26(23)15-19-10-8-18(14-24)9-11-19/h2-13H,15-16H2,1H3. The Morgan fingerprint density at radius 2 is 1.70 bits per heavy atom. The Morgan fingerprint density at radius 3 is 2.44 bits per heavy atom. The quantitative estimate of drug-likeness (QED) is 0.516. The van der Waals surface area contributed by atoms with E-state index < -0.39 is 0 Å². The SMILES string of the molecule is Cc1ccc(OCc2nc3ccccc3n2Cc2ccc(C#N)cc2)cc1. The molecule has 0 fully saturated rings. The molecule has 0 amide bonds. The van der Waals surface area contributed by atoms with E-state index in [1.807, 2.05) is 66.7 Å². The van der Waals surface area contributed by atoms with Crippen LogP contribution in [0, 0.1) is 18.3 Å². The summed E-state index contributed by atoms with van der Waals surface area (Å²) in [6.07, 6.45) is 0. The number of benzene rings is 3. The minimum atomic E-state index is 0.397. The minimum absolute atomic E-state index is 0.397. The van der Waals surface area contributed by atoms with E-state index in [2.05, 4.69) is 23.6 Å². The van der Waals surface area contributed by atoms with E-state index in [-0.39, 0.29) is 0 Å². The largest absolute Gasteiger partial charge is 0.486 e. The number of imidazole rings is 1. The number of aryl methyl sites for hydroxylation is 1. The second-order valence-corrected chi connectivity index (χ2v) is 6.51. The number of rotatable bonds is 5. The summed E-state index contributed by atoms with van der Waals surface area (Å²) < 4.78 is 8.14. The molecule has 1 aromatic heterocycles. The van der Waals surface area contributed by atoms with Gasteiger partial charge in [-0.2, -0.15) is 5.26 Å². The molecule has 0 saturated carbocycles. The van der Waals surface area contributed by atoms with Crippen molar-refractivity contribution in [3.8, 4) is 11.8 Å². The highest BCUT2D eigenvalue weighted by atomic mass is 16.5. The maximum atomic E-state index is 8.98. The Labute approximate surface area is 158 Å². The molecule has 0 bridgehead atoms. The van der Waals surface area contributed by atoms with E-state index in [1.165, 1.54) is 5.56 Å². The first-order chi connectivity index (χ1) is 13.2. The Balaban J connectivity index is 1.64. The Morgan fingerprint density at radius 1 is 0.963 bits per heavy atom. The van der Waals surface area contributed by atoms with Crippen LogP contribution in [-0.2, 0) is 13.2 Å². The maximum absolute atomic E-state index is 8.98. The van der Waals surface area contributed by atoms with E-state index in [0.29, 0.717) is 18.7 Å². The van der Waals surface area contributed by atoms with Crippen molar-refractivity contribution in [2.24, 2.45) is 0 Å². The molecule has 0 unspecified atom stereocenters. The van der Waals surface area contributed by atoms with Gasteiger partial charge < -0.3 is 9.30 Å². The van der Waals surface area contributed by atoms with Gasteiger partial charge in [-0.05, 0) is 48.9 Å². The molecule has 0 aliphatic rings. The molecule has 0 aliphatic heterocycles. The van der Waals surface area contributed by atoms with Gasteiger partial charge in [0.2, 0.25) is 0 Å². The Bertz CT molecular complexity index is 1100. The van der Waals surface area contributed by atoms with Gasteiger partial charge in [-0.3, -0.25) is 0 Å². The predicted octanol–water partition coefficient (Wildman–Crippen LogP) is 4.84. The van der Waals surface area contributed by atoms with Crippen molar-refractivity contribution in [2.45, 2.75) is 20.1 Å². The normalized spacial score (nSPS) is 10.7. The predicted molar refractivity (Wildman–Crippen MR) is 106 cm³/mol. The number of nitriles is 1. The fraction of sp³-hybridized carbons (Fsp3) is 0.130. The number of fused-ring (bicyclic) bond motifs is 1. The van der Waals surface area contributed by atoms with E-state index in [9.17, 15) is 0 Å². The zero-order valence-corrected chi connectivity index (χ0v) is 15.1. The third-order valence-electron chi connectivity index (χ3n) is 4.55. The highest BCUT2D eigenvalue weighted by Gasteiger charge is 2.12. The van der Waals surface area contributed by atoms with Crippen molar-refractivity contribution in [3.63, 3.8) is 0 Å². The van der Waals surface area contributed by atoms with Crippen molar-refractivity contribution >= 4 is 11.0 Å². The molecule has 27 heavy (non-hydrogen) atoms. The van der Waals surface area contributed by atoms with Crippen molar-refractivity contribution in [2.75, 3.05) is 0 Å². The van der Waals surface area contributed by atoms with Gasteiger partial charge in [0.1, 0.15) is 18.2 Å². The molecular formula is C23H19N3O. The first kappa shape index (κ1) is 16.9. The molecular weight excluding hydrogens is 334 g/mol. The van der Waals surface area contributed by atoms with Crippen LogP contribution in [0.5, 0.6) is 5.75 Å². The van der Waals surface area contributed by atoms with Crippen molar-refractivity contribution < 1.29 is 4.74 Å². The zero-order chi connectivity index (χ0) is 18.6. The molecule has 4 aromatic rings. The zero-order valence-electron chi connectivity index (χ0n) is 15.1. The van der Waals surface area contributed by atoms with Crippen molar-refractivity contribution in [1.29, 1.82) is 5.26 Å². The lowest BCUT2D eigenvalue weighted by atomic mass is 10.1. The monoisotopic (exact) mass is 353 g/mol. The highest BCUT2D eigenvalue weighted by Crippen LogP contribution is 2.20. The molecule has 0 atom stereocenters. The third kappa shape index (κ3) is 3.68. The van der Waals surface area contributed by atoms with E-state index >= 15 is 0 Å². The van der Waals surface area contributed by atoms with Gasteiger partial charge in [-0.15, -0.1) is 0 Å². The summed E-state index contributed by atoms with van der Waals surface area (Å²) in [4.78, 5) is 4.76. The molecule has 0 aliphatic carbocycles. The van der Waals surface area contributed by atoms with Gasteiger partial charge in [0.25, 0.3) is 0 Å². The lowest BCUT2D eigenvalue weighted by molar-refractivity contribution is 0.291. The number of hydrogen-bond acceptors (Lipinski definition) is 3. The fourth-order valence-electron chi connectivity index (χ4n) is 3.06. The summed E-state index contributed by atoms with van der Waals surface area (Å²) in [5.41, 5.74) is 5.01. The number of para-hydroxylation sites is 2. The molecule has 0 N–H and O–H groups in total. The number of aromatic nitrogens is 2. The van der Waals surface area contributed by atoms with Crippen LogP contribution in [0.4, 0.5) is 0 Å². The van der Waals surface area contributed by atoms with Crippen LogP contribution in [-0.4, -0.2) is 9.55 Å². The molecule has 0 saturated heterocycles. The van der Waals surface area contributed by atoms with E-state index in [4.69, 9.17) is 15.0 Å². The highest BCUT2D eigenvalue weighted by molar-refractivity contribution is 5.76. The minimum Gasteiger partial charge on any atom is -0.486 e. The summed E-state index contributed by atoms with van der Waals surface area (Å²) in [6, 6.07) is 25.9. The molecule has 1 heterocycles. The third-order valence-corrected chi connectivity index (χ3v) is 4.55. The van der Waals surface area contributed by atoms with Gasteiger partial charge in [0.05, 0.1) is 22.7 Å². The van der Waals surface area contributed by atoms with Crippen LogP contribution in [0.15, 0.2) is 72.8 Å². The van der Waals surface area contributed by atoms with Crippen LogP contribution in [0.2, 0.25) is 0 Å². The van der Waals surface area contributed by atoms with E-state index in [1.54, 1.807) is 0 Å². The van der Waals surface area contributed by atoms with Crippen LogP contribution < -0.4 is 4.74 Å². The van der Waals surface area contributed by atoms with Gasteiger partial charge in [0, 0.05) is 6.54 Å². The van der Waals surface area contributed by atoms with E-state index in [0.717, 1.165) is 28.2 Å². The van der Waals surface area contributed by atoms with Gasteiger partial charge >= 0.3 is 0 Å². The van der Waals surface area contributed by atoms with Gasteiger partial charge in [0.15, 0.2) is 0 Å². The van der Waals surface area contributed by atoms with Crippen LogP contribution in [0.1, 0.15) is 22.5 Å².